The van der Waals surface area contributed by atoms with Crippen LogP contribution in [0.4, 0.5) is 5.95 Å². The van der Waals surface area contributed by atoms with E-state index in [1.807, 2.05) is 6.92 Å². The Bertz CT molecular complexity index is 289. The van der Waals surface area contributed by atoms with Crippen molar-refractivity contribution in [3.8, 4) is 0 Å². The van der Waals surface area contributed by atoms with Crippen LogP contribution in [-0.4, -0.2) is 28.2 Å². The molecule has 1 aliphatic heterocycles. The first kappa shape index (κ1) is 8.37. The highest BCUT2D eigenvalue weighted by atomic mass is 16.5. The summed E-state index contributed by atoms with van der Waals surface area (Å²) in [5, 5.41) is 0. The number of hydrogen-bond acceptors (Lipinski definition) is 5. The molecule has 13 heavy (non-hydrogen) atoms. The number of nitrogens with zero attached hydrogens (tertiary/aromatic N) is 3. The zero-order valence-corrected chi connectivity index (χ0v) is 7.53. The largest absolute Gasteiger partial charge is 0.381 e. The smallest absolute Gasteiger partial charge is 0.223 e. The van der Waals surface area contributed by atoms with Gasteiger partial charge in [-0.25, -0.2) is 4.98 Å². The Morgan fingerprint density at radius 1 is 1.38 bits per heavy atom. The van der Waals surface area contributed by atoms with Gasteiger partial charge in [-0.05, 0) is 13.3 Å². The molecule has 70 valence electrons. The molecule has 1 unspecified atom stereocenters. The maximum atomic E-state index is 5.52. The molecular weight excluding hydrogens is 168 g/mol. The van der Waals surface area contributed by atoms with E-state index in [9.17, 15) is 0 Å². The highest BCUT2D eigenvalue weighted by Crippen LogP contribution is 2.21. The summed E-state index contributed by atoms with van der Waals surface area (Å²) in [7, 11) is 0. The van der Waals surface area contributed by atoms with E-state index in [1.54, 1.807) is 0 Å². The fraction of sp³-hybridized carbons (Fsp3) is 0.625. The second kappa shape index (κ2) is 3.26. The zero-order chi connectivity index (χ0) is 9.26. The fourth-order valence-corrected chi connectivity index (χ4v) is 1.44. The highest BCUT2D eigenvalue weighted by molar-refractivity contribution is 5.17. The summed E-state index contributed by atoms with van der Waals surface area (Å²) >= 11 is 0. The van der Waals surface area contributed by atoms with Crippen molar-refractivity contribution >= 4 is 5.95 Å². The lowest BCUT2D eigenvalue weighted by atomic mass is 10.1. The van der Waals surface area contributed by atoms with Crippen molar-refractivity contribution in [2.45, 2.75) is 19.3 Å². The van der Waals surface area contributed by atoms with Crippen LogP contribution in [0.25, 0.3) is 0 Å². The molecule has 0 saturated carbocycles. The minimum Gasteiger partial charge on any atom is -0.381 e. The summed E-state index contributed by atoms with van der Waals surface area (Å²) < 4.78 is 5.25. The molecule has 0 spiro atoms. The summed E-state index contributed by atoms with van der Waals surface area (Å²) in [6.45, 7) is 3.30. The van der Waals surface area contributed by atoms with Gasteiger partial charge in [0.05, 0.1) is 6.61 Å². The average molecular weight is 180 g/mol. The number of aromatic nitrogens is 3. The van der Waals surface area contributed by atoms with Crippen molar-refractivity contribution in [1.29, 1.82) is 0 Å². The van der Waals surface area contributed by atoms with Gasteiger partial charge in [-0.1, -0.05) is 0 Å². The quantitative estimate of drug-likeness (QED) is 0.671. The zero-order valence-electron chi connectivity index (χ0n) is 7.53. The van der Waals surface area contributed by atoms with Crippen molar-refractivity contribution in [2.24, 2.45) is 0 Å². The van der Waals surface area contributed by atoms with E-state index in [2.05, 4.69) is 15.0 Å². The molecule has 1 aromatic heterocycles. The minimum absolute atomic E-state index is 0.295. The predicted octanol–water partition coefficient (Wildman–Crippen LogP) is 0.266. The van der Waals surface area contributed by atoms with Crippen molar-refractivity contribution in [3.63, 3.8) is 0 Å². The van der Waals surface area contributed by atoms with Gasteiger partial charge < -0.3 is 10.5 Å². The summed E-state index contributed by atoms with van der Waals surface area (Å²) in [4.78, 5) is 12.2. The predicted molar refractivity (Wildman–Crippen MR) is 47.2 cm³/mol. The van der Waals surface area contributed by atoms with Crippen LogP contribution in [0.3, 0.4) is 0 Å². The Morgan fingerprint density at radius 2 is 2.23 bits per heavy atom. The monoisotopic (exact) mass is 180 g/mol. The Kier molecular flexibility index (Phi) is 2.10. The van der Waals surface area contributed by atoms with Crippen LogP contribution < -0.4 is 5.73 Å². The summed E-state index contributed by atoms with van der Waals surface area (Å²) in [5.74, 6) is 2.04. The lowest BCUT2D eigenvalue weighted by molar-refractivity contribution is 0.193. The molecule has 0 bridgehead atoms. The number of rotatable bonds is 1. The lowest BCUT2D eigenvalue weighted by Gasteiger charge is -2.06. The lowest BCUT2D eigenvalue weighted by Crippen LogP contribution is -2.09. The first-order chi connectivity index (χ1) is 6.25. The summed E-state index contributed by atoms with van der Waals surface area (Å²) in [6, 6.07) is 0. The number of anilines is 1. The molecular formula is C8H12N4O. The first-order valence-electron chi connectivity index (χ1n) is 4.31. The van der Waals surface area contributed by atoms with Gasteiger partial charge in [0.25, 0.3) is 0 Å². The van der Waals surface area contributed by atoms with Crippen LogP contribution >= 0.6 is 0 Å². The van der Waals surface area contributed by atoms with Crippen LogP contribution in [0.15, 0.2) is 0 Å². The molecule has 0 amide bonds. The van der Waals surface area contributed by atoms with Crippen molar-refractivity contribution in [1.82, 2.24) is 15.0 Å². The third-order valence-corrected chi connectivity index (χ3v) is 2.08. The van der Waals surface area contributed by atoms with Gasteiger partial charge in [0.2, 0.25) is 5.95 Å². The Hall–Kier alpha value is -1.23. The maximum Gasteiger partial charge on any atom is 0.223 e. The number of ether oxygens (including phenoxy) is 1. The van der Waals surface area contributed by atoms with Gasteiger partial charge in [0, 0.05) is 12.5 Å². The van der Waals surface area contributed by atoms with Crippen molar-refractivity contribution in [2.75, 3.05) is 18.9 Å². The molecule has 2 rings (SSSR count). The maximum absolute atomic E-state index is 5.52. The molecule has 1 fully saturated rings. The van der Waals surface area contributed by atoms with Gasteiger partial charge in [0.1, 0.15) is 11.6 Å². The van der Waals surface area contributed by atoms with E-state index in [-0.39, 0.29) is 0 Å². The second-order valence-corrected chi connectivity index (χ2v) is 3.16. The van der Waals surface area contributed by atoms with Gasteiger partial charge >= 0.3 is 0 Å². The minimum atomic E-state index is 0.295. The molecule has 1 saturated heterocycles. The third-order valence-electron chi connectivity index (χ3n) is 2.08. The molecule has 5 heteroatoms. The van der Waals surface area contributed by atoms with Crippen LogP contribution in [0, 0.1) is 6.92 Å². The molecule has 5 nitrogen and oxygen atoms in total. The Morgan fingerprint density at radius 3 is 2.85 bits per heavy atom. The highest BCUT2D eigenvalue weighted by Gasteiger charge is 2.21. The number of nitrogen functional groups attached to an aromatic ring is 1. The van der Waals surface area contributed by atoms with Crippen LogP contribution in [0.2, 0.25) is 0 Å². The van der Waals surface area contributed by atoms with Crippen LogP contribution in [0.1, 0.15) is 24.0 Å². The molecule has 0 aliphatic carbocycles. The number of aryl methyl sites for hydroxylation is 1. The molecule has 1 aliphatic rings. The van der Waals surface area contributed by atoms with E-state index < -0.39 is 0 Å². The molecule has 0 aromatic carbocycles. The van der Waals surface area contributed by atoms with Gasteiger partial charge in [-0.2, -0.15) is 9.97 Å². The molecule has 1 atom stereocenters. The van der Waals surface area contributed by atoms with E-state index in [4.69, 9.17) is 10.5 Å². The van der Waals surface area contributed by atoms with Gasteiger partial charge in [-0.3, -0.25) is 0 Å². The molecule has 0 radical (unpaired) electrons. The van der Waals surface area contributed by atoms with E-state index in [1.165, 1.54) is 0 Å². The summed E-state index contributed by atoms with van der Waals surface area (Å²) in [6.07, 6.45) is 0.975. The fourth-order valence-electron chi connectivity index (χ4n) is 1.44. The standard InChI is InChI=1S/C8H12N4O/c1-5-10-7(12-8(9)11-5)6-2-3-13-4-6/h6H,2-4H2,1H3,(H2,9,10,11,12). The topological polar surface area (TPSA) is 73.9 Å². The number of hydrogen-bond donors (Lipinski definition) is 1. The van der Waals surface area contributed by atoms with E-state index >= 15 is 0 Å². The molecule has 1 aromatic rings. The van der Waals surface area contributed by atoms with Crippen molar-refractivity contribution in [3.05, 3.63) is 11.6 Å². The third kappa shape index (κ3) is 1.75. The number of nitrogens with two attached hydrogens (primary N) is 1. The Labute approximate surface area is 76.4 Å². The van der Waals surface area contributed by atoms with Crippen LogP contribution in [0.5, 0.6) is 0 Å². The second-order valence-electron chi connectivity index (χ2n) is 3.16. The molecule has 2 heterocycles. The van der Waals surface area contributed by atoms with Gasteiger partial charge in [0.15, 0.2) is 0 Å². The summed E-state index contributed by atoms with van der Waals surface area (Å²) in [5.41, 5.74) is 5.52. The Balaban J connectivity index is 2.28. The van der Waals surface area contributed by atoms with E-state index in [0.717, 1.165) is 18.9 Å². The van der Waals surface area contributed by atoms with E-state index in [0.29, 0.717) is 24.3 Å². The first-order valence-corrected chi connectivity index (χ1v) is 4.31. The van der Waals surface area contributed by atoms with Crippen LogP contribution in [-0.2, 0) is 4.74 Å². The van der Waals surface area contributed by atoms with Crippen molar-refractivity contribution < 1.29 is 4.74 Å². The SMILES string of the molecule is Cc1nc(N)nc(C2CCOC2)n1. The molecule has 2 N–H and O–H groups in total. The van der Waals surface area contributed by atoms with Gasteiger partial charge in [-0.15, -0.1) is 0 Å². The normalized spacial score (nSPS) is 22.1. The average Bonchev–Trinajstić information content (AvgIpc) is 2.53.